The van der Waals surface area contributed by atoms with Gasteiger partial charge in [-0.25, -0.2) is 4.98 Å². The van der Waals surface area contributed by atoms with Crippen LogP contribution in [0.1, 0.15) is 5.56 Å². The van der Waals surface area contributed by atoms with Crippen LogP contribution in [0.4, 0.5) is 17.2 Å². The summed E-state index contributed by atoms with van der Waals surface area (Å²) in [6.45, 7) is 0. The highest BCUT2D eigenvalue weighted by Crippen LogP contribution is 2.25. The molecule has 1 amide bonds. The molecule has 0 aliphatic heterocycles. The Morgan fingerprint density at radius 1 is 1.22 bits per heavy atom. The van der Waals surface area contributed by atoms with Gasteiger partial charge in [-0.05, 0) is 0 Å². The second kappa shape index (κ2) is 6.47. The number of carbonyl (C=O) groups is 1. The van der Waals surface area contributed by atoms with Crippen molar-refractivity contribution in [2.24, 2.45) is 0 Å². The number of nitrogens with one attached hydrogen (secondary N) is 1. The number of para-hydroxylation sites is 1. The first-order chi connectivity index (χ1) is 10.9. The van der Waals surface area contributed by atoms with Crippen LogP contribution in [0.3, 0.4) is 0 Å². The molecular formula is C13H10N4O6. The van der Waals surface area contributed by atoms with E-state index < -0.39 is 27.2 Å². The van der Waals surface area contributed by atoms with Gasteiger partial charge < -0.3 is 10.4 Å². The molecule has 2 N–H and O–H groups in total. The summed E-state index contributed by atoms with van der Waals surface area (Å²) in [5.41, 5.74) is -0.445. The van der Waals surface area contributed by atoms with E-state index >= 15 is 0 Å². The van der Waals surface area contributed by atoms with Crippen molar-refractivity contribution in [2.45, 2.75) is 6.42 Å². The van der Waals surface area contributed by atoms with Gasteiger partial charge >= 0.3 is 0 Å². The molecule has 0 radical (unpaired) electrons. The van der Waals surface area contributed by atoms with E-state index in [-0.39, 0.29) is 23.5 Å². The molecule has 2 aromatic rings. The van der Waals surface area contributed by atoms with Crippen molar-refractivity contribution in [3.05, 3.63) is 62.3 Å². The first kappa shape index (κ1) is 15.8. The van der Waals surface area contributed by atoms with Gasteiger partial charge in [-0.15, -0.1) is 0 Å². The number of hydrogen-bond donors (Lipinski definition) is 2. The first-order valence-corrected chi connectivity index (χ1v) is 6.24. The summed E-state index contributed by atoms with van der Waals surface area (Å²) in [6.07, 6.45) is 0.565. The molecule has 0 spiro atoms. The molecule has 0 aliphatic rings. The first-order valence-electron chi connectivity index (χ1n) is 6.24. The molecule has 23 heavy (non-hydrogen) atoms. The quantitative estimate of drug-likeness (QED) is 0.630. The number of nitrogens with zero attached hydrogens (tertiary/aromatic N) is 3. The number of carbonyl (C=O) groups excluding carboxylic acids is 1. The number of benzene rings is 1. The molecular weight excluding hydrogens is 308 g/mol. The molecule has 0 unspecified atom stereocenters. The lowest BCUT2D eigenvalue weighted by Crippen LogP contribution is -2.16. The largest absolute Gasteiger partial charge is 0.504 e. The normalized spacial score (nSPS) is 10.1. The van der Waals surface area contributed by atoms with Crippen LogP contribution in [0.15, 0.2) is 36.5 Å². The minimum atomic E-state index is -0.744. The van der Waals surface area contributed by atoms with Gasteiger partial charge in [0.15, 0.2) is 11.6 Å². The van der Waals surface area contributed by atoms with Gasteiger partial charge in [-0.3, -0.25) is 25.0 Å². The zero-order valence-electron chi connectivity index (χ0n) is 11.5. The lowest BCUT2D eigenvalue weighted by Gasteiger charge is -2.06. The van der Waals surface area contributed by atoms with E-state index in [9.17, 15) is 30.1 Å². The maximum Gasteiger partial charge on any atom is 0.291 e. The lowest BCUT2D eigenvalue weighted by atomic mass is 10.1. The van der Waals surface area contributed by atoms with Crippen LogP contribution >= 0.6 is 0 Å². The van der Waals surface area contributed by atoms with E-state index in [0.717, 1.165) is 12.3 Å². The molecule has 0 saturated carbocycles. The minimum absolute atomic E-state index is 0.191. The van der Waals surface area contributed by atoms with Crippen molar-refractivity contribution in [1.29, 1.82) is 0 Å². The van der Waals surface area contributed by atoms with Crippen LogP contribution in [0.25, 0.3) is 0 Å². The molecule has 2 rings (SSSR count). The third kappa shape index (κ3) is 3.75. The Morgan fingerprint density at radius 3 is 2.52 bits per heavy atom. The SMILES string of the molecule is O=C(Cc1ccccc1[N+](=O)[O-])Nc1ncc([N+](=O)[O-])cc1O. The predicted octanol–water partition coefficient (Wildman–Crippen LogP) is 1.78. The van der Waals surface area contributed by atoms with E-state index in [1.165, 1.54) is 18.2 Å². The highest BCUT2D eigenvalue weighted by Gasteiger charge is 2.18. The third-order valence-electron chi connectivity index (χ3n) is 2.86. The molecule has 10 heteroatoms. The predicted molar refractivity (Wildman–Crippen MR) is 78.0 cm³/mol. The van der Waals surface area contributed by atoms with E-state index in [4.69, 9.17) is 0 Å². The summed E-state index contributed by atoms with van der Waals surface area (Å²) < 4.78 is 0. The fraction of sp³-hybridized carbons (Fsp3) is 0.0769. The Bertz CT molecular complexity index is 792. The average molecular weight is 318 g/mol. The van der Waals surface area contributed by atoms with Gasteiger partial charge in [0.2, 0.25) is 5.91 Å². The smallest absolute Gasteiger partial charge is 0.291 e. The number of nitro benzene ring substituents is 1. The lowest BCUT2D eigenvalue weighted by molar-refractivity contribution is -0.385. The summed E-state index contributed by atoms with van der Waals surface area (Å²) in [4.78, 5) is 35.5. The fourth-order valence-electron chi connectivity index (χ4n) is 1.83. The summed E-state index contributed by atoms with van der Waals surface area (Å²) in [6, 6.07) is 6.57. The van der Waals surface area contributed by atoms with Crippen LogP contribution in [0.2, 0.25) is 0 Å². The zero-order valence-corrected chi connectivity index (χ0v) is 11.5. The maximum absolute atomic E-state index is 11.9. The van der Waals surface area contributed by atoms with Crippen LogP contribution in [0, 0.1) is 20.2 Å². The molecule has 0 bridgehead atoms. The molecule has 0 aliphatic carbocycles. The van der Waals surface area contributed by atoms with Crippen molar-refractivity contribution in [3.8, 4) is 5.75 Å². The molecule has 10 nitrogen and oxygen atoms in total. The van der Waals surface area contributed by atoms with E-state index in [1.807, 2.05) is 0 Å². The molecule has 0 fully saturated rings. The minimum Gasteiger partial charge on any atom is -0.504 e. The molecule has 1 heterocycles. The molecule has 0 saturated heterocycles. The Balaban J connectivity index is 2.15. The molecule has 1 aromatic heterocycles. The number of aromatic hydroxyl groups is 1. The van der Waals surface area contributed by atoms with E-state index in [0.29, 0.717) is 0 Å². The number of aromatic nitrogens is 1. The Labute approximate surface area is 128 Å². The Hall–Kier alpha value is -3.56. The monoisotopic (exact) mass is 318 g/mol. The number of nitro groups is 2. The van der Waals surface area contributed by atoms with E-state index in [2.05, 4.69) is 10.3 Å². The second-order valence-corrected chi connectivity index (χ2v) is 4.43. The molecule has 118 valence electrons. The number of amides is 1. The van der Waals surface area contributed by atoms with Crippen LogP contribution in [-0.4, -0.2) is 25.8 Å². The maximum atomic E-state index is 11.9. The number of pyridine rings is 1. The molecule has 1 aromatic carbocycles. The van der Waals surface area contributed by atoms with Crippen molar-refractivity contribution < 1.29 is 19.7 Å². The highest BCUT2D eigenvalue weighted by atomic mass is 16.6. The fourth-order valence-corrected chi connectivity index (χ4v) is 1.83. The van der Waals surface area contributed by atoms with Crippen molar-refractivity contribution in [3.63, 3.8) is 0 Å². The summed E-state index contributed by atoms with van der Waals surface area (Å²) in [5, 5.41) is 33.3. The van der Waals surface area contributed by atoms with Crippen molar-refractivity contribution >= 4 is 23.1 Å². The van der Waals surface area contributed by atoms with E-state index in [1.54, 1.807) is 6.07 Å². The van der Waals surface area contributed by atoms with Crippen LogP contribution < -0.4 is 5.32 Å². The number of anilines is 1. The average Bonchev–Trinajstić information content (AvgIpc) is 2.49. The van der Waals surface area contributed by atoms with Gasteiger partial charge in [-0.1, -0.05) is 18.2 Å². The number of rotatable bonds is 5. The van der Waals surface area contributed by atoms with Gasteiger partial charge in [0, 0.05) is 11.6 Å². The van der Waals surface area contributed by atoms with Gasteiger partial charge in [0.05, 0.1) is 22.3 Å². The van der Waals surface area contributed by atoms with Crippen LogP contribution in [0.5, 0.6) is 5.75 Å². The summed E-state index contributed by atoms with van der Waals surface area (Å²) >= 11 is 0. The van der Waals surface area contributed by atoms with Gasteiger partial charge in [0.25, 0.3) is 11.4 Å². The molecule has 0 atom stereocenters. The van der Waals surface area contributed by atoms with Crippen LogP contribution in [-0.2, 0) is 11.2 Å². The summed E-state index contributed by atoms with van der Waals surface area (Å²) in [7, 11) is 0. The zero-order chi connectivity index (χ0) is 17.0. The standard InChI is InChI=1S/C13H10N4O6/c18-11-6-9(16(20)21)7-14-13(11)15-12(19)5-8-3-1-2-4-10(8)17(22)23/h1-4,6-7,18H,5H2,(H,14,15,19). The number of hydrogen-bond acceptors (Lipinski definition) is 7. The topological polar surface area (TPSA) is 148 Å². The van der Waals surface area contributed by atoms with Gasteiger partial charge in [-0.2, -0.15) is 0 Å². The highest BCUT2D eigenvalue weighted by molar-refractivity contribution is 5.93. The second-order valence-electron chi connectivity index (χ2n) is 4.43. The van der Waals surface area contributed by atoms with Crippen molar-refractivity contribution in [1.82, 2.24) is 4.98 Å². The Kier molecular flexibility index (Phi) is 4.45. The Morgan fingerprint density at radius 2 is 1.91 bits per heavy atom. The summed E-state index contributed by atoms with van der Waals surface area (Å²) in [5.74, 6) is -1.50. The van der Waals surface area contributed by atoms with Gasteiger partial charge in [0.1, 0.15) is 6.20 Å². The third-order valence-corrected chi connectivity index (χ3v) is 2.86. The van der Waals surface area contributed by atoms with Crippen molar-refractivity contribution in [2.75, 3.05) is 5.32 Å².